The number of carbonyl (C=O) groups is 3. The summed E-state index contributed by atoms with van der Waals surface area (Å²) in [6.45, 7) is 8.96. The van der Waals surface area contributed by atoms with Crippen LogP contribution in [0.25, 0.3) is 0 Å². The predicted molar refractivity (Wildman–Crippen MR) is 107 cm³/mol. The van der Waals surface area contributed by atoms with Gasteiger partial charge in [0, 0.05) is 26.2 Å². The number of nitrogens with zero attached hydrogens (tertiary/aromatic N) is 3. The van der Waals surface area contributed by atoms with Crippen LogP contribution in [0, 0.1) is 0 Å². The predicted octanol–water partition coefficient (Wildman–Crippen LogP) is 1.52. The van der Waals surface area contributed by atoms with Crippen LogP contribution >= 0.6 is 0 Å². The molecule has 29 heavy (non-hydrogen) atoms. The van der Waals surface area contributed by atoms with E-state index in [0.29, 0.717) is 18.9 Å². The smallest absolute Gasteiger partial charge is 0.407 e. The third kappa shape index (κ3) is 7.04. The second kappa shape index (κ2) is 9.73. The van der Waals surface area contributed by atoms with Gasteiger partial charge in [0.25, 0.3) is 0 Å². The van der Waals surface area contributed by atoms with Crippen molar-refractivity contribution < 1.29 is 23.9 Å². The number of likely N-dealkylation sites (tertiary alicyclic amines) is 1. The van der Waals surface area contributed by atoms with E-state index in [-0.39, 0.29) is 30.7 Å². The van der Waals surface area contributed by atoms with Gasteiger partial charge >= 0.3 is 12.1 Å². The van der Waals surface area contributed by atoms with E-state index in [2.05, 4.69) is 15.7 Å². The van der Waals surface area contributed by atoms with Crippen LogP contribution in [0.15, 0.2) is 6.20 Å². The van der Waals surface area contributed by atoms with Gasteiger partial charge in [0.05, 0.1) is 19.3 Å². The molecule has 0 spiro atoms. The summed E-state index contributed by atoms with van der Waals surface area (Å²) in [6, 6.07) is 0.0247. The minimum absolute atomic E-state index is 0.0247. The number of esters is 1. The number of hydrogen-bond acceptors (Lipinski definition) is 7. The lowest BCUT2D eigenvalue weighted by molar-refractivity contribution is -0.117. The molecule has 2 heterocycles. The fourth-order valence-electron chi connectivity index (χ4n) is 3.03. The van der Waals surface area contributed by atoms with E-state index in [1.807, 2.05) is 25.7 Å². The number of carbonyl (C=O) groups excluding carboxylic acids is 3. The average molecular weight is 409 g/mol. The highest BCUT2D eigenvalue weighted by Gasteiger charge is 2.25. The molecule has 2 amide bonds. The SMILES string of the molecule is CCOC(=O)c1cnn(C)c1NC(=O)CN1CCC(NC(=O)OC(C)(C)C)CC1. The molecule has 1 fully saturated rings. The second-order valence-electron chi connectivity index (χ2n) is 8.00. The highest BCUT2D eigenvalue weighted by atomic mass is 16.6. The molecular formula is C19H31N5O5. The molecule has 0 aromatic carbocycles. The minimum Gasteiger partial charge on any atom is -0.462 e. The molecule has 0 radical (unpaired) electrons. The van der Waals surface area contributed by atoms with Crippen LogP contribution in [0.4, 0.5) is 10.6 Å². The molecule has 0 atom stereocenters. The normalized spacial score (nSPS) is 15.6. The van der Waals surface area contributed by atoms with Gasteiger partial charge in [-0.3, -0.25) is 14.4 Å². The molecule has 0 bridgehead atoms. The van der Waals surface area contributed by atoms with Crippen LogP contribution in [-0.4, -0.2) is 70.5 Å². The van der Waals surface area contributed by atoms with Crippen molar-refractivity contribution in [2.75, 3.05) is 31.6 Å². The summed E-state index contributed by atoms with van der Waals surface area (Å²) in [5, 5.41) is 9.64. The molecule has 0 unspecified atom stereocenters. The lowest BCUT2D eigenvalue weighted by Crippen LogP contribution is -2.47. The first-order chi connectivity index (χ1) is 13.6. The Bertz CT molecular complexity index is 732. The standard InChI is InChI=1S/C19H31N5O5/c1-6-28-17(26)14-11-20-23(5)16(14)22-15(25)12-24-9-7-13(8-10-24)21-18(27)29-19(2,3)4/h11,13H,6-10,12H2,1-5H3,(H,21,27)(H,22,25). The summed E-state index contributed by atoms with van der Waals surface area (Å²) in [5.74, 6) is -0.447. The van der Waals surface area contributed by atoms with Gasteiger partial charge < -0.3 is 20.1 Å². The lowest BCUT2D eigenvalue weighted by atomic mass is 10.1. The van der Waals surface area contributed by atoms with Gasteiger partial charge in [0.1, 0.15) is 17.0 Å². The van der Waals surface area contributed by atoms with Gasteiger partial charge in [-0.15, -0.1) is 0 Å². The van der Waals surface area contributed by atoms with E-state index in [0.717, 1.165) is 12.8 Å². The molecule has 1 aliphatic rings. The fourth-order valence-corrected chi connectivity index (χ4v) is 3.03. The van der Waals surface area contributed by atoms with Gasteiger partial charge in [-0.05, 0) is 40.5 Å². The zero-order valence-electron chi connectivity index (χ0n) is 17.8. The number of rotatable bonds is 6. The minimum atomic E-state index is -0.531. The Hall–Kier alpha value is -2.62. The number of nitrogens with one attached hydrogen (secondary N) is 2. The van der Waals surface area contributed by atoms with Crippen LogP contribution < -0.4 is 10.6 Å². The summed E-state index contributed by atoms with van der Waals surface area (Å²) < 4.78 is 11.7. The summed E-state index contributed by atoms with van der Waals surface area (Å²) in [4.78, 5) is 38.3. The van der Waals surface area contributed by atoms with E-state index in [1.165, 1.54) is 10.9 Å². The van der Waals surface area contributed by atoms with E-state index in [4.69, 9.17) is 9.47 Å². The van der Waals surface area contributed by atoms with Gasteiger partial charge in [-0.2, -0.15) is 5.10 Å². The number of amides is 2. The quantitative estimate of drug-likeness (QED) is 0.685. The Kier molecular flexibility index (Phi) is 7.60. The molecule has 10 heteroatoms. The van der Waals surface area contributed by atoms with Crippen molar-refractivity contribution in [2.45, 2.75) is 52.2 Å². The number of anilines is 1. The van der Waals surface area contributed by atoms with Crippen molar-refractivity contribution in [1.29, 1.82) is 0 Å². The number of aryl methyl sites for hydroxylation is 1. The Morgan fingerprint density at radius 3 is 2.48 bits per heavy atom. The second-order valence-corrected chi connectivity index (χ2v) is 8.00. The summed E-state index contributed by atoms with van der Waals surface area (Å²) in [6.07, 6.45) is 2.41. The highest BCUT2D eigenvalue weighted by Crippen LogP contribution is 2.16. The topological polar surface area (TPSA) is 115 Å². The third-order valence-electron chi connectivity index (χ3n) is 4.37. The number of piperidine rings is 1. The first-order valence-corrected chi connectivity index (χ1v) is 9.80. The maximum Gasteiger partial charge on any atom is 0.407 e. The molecule has 0 saturated carbocycles. The van der Waals surface area contributed by atoms with Crippen molar-refractivity contribution >= 4 is 23.8 Å². The zero-order chi connectivity index (χ0) is 21.6. The molecular weight excluding hydrogens is 378 g/mol. The Morgan fingerprint density at radius 2 is 1.90 bits per heavy atom. The molecule has 1 aromatic rings. The maximum absolute atomic E-state index is 12.4. The lowest BCUT2D eigenvalue weighted by Gasteiger charge is -2.32. The van der Waals surface area contributed by atoms with E-state index >= 15 is 0 Å². The van der Waals surface area contributed by atoms with Crippen molar-refractivity contribution in [3.8, 4) is 0 Å². The van der Waals surface area contributed by atoms with E-state index < -0.39 is 17.7 Å². The van der Waals surface area contributed by atoms with Crippen molar-refractivity contribution in [3.63, 3.8) is 0 Å². The Balaban J connectivity index is 1.81. The van der Waals surface area contributed by atoms with Crippen LogP contribution in [0.2, 0.25) is 0 Å². The van der Waals surface area contributed by atoms with Crippen LogP contribution in [0.5, 0.6) is 0 Å². The summed E-state index contributed by atoms with van der Waals surface area (Å²) in [7, 11) is 1.65. The van der Waals surface area contributed by atoms with Crippen LogP contribution in [-0.2, 0) is 21.3 Å². The molecule has 0 aliphatic carbocycles. The van der Waals surface area contributed by atoms with Gasteiger partial charge in [-0.1, -0.05) is 0 Å². The fraction of sp³-hybridized carbons (Fsp3) is 0.684. The van der Waals surface area contributed by atoms with Crippen molar-refractivity contribution in [2.24, 2.45) is 7.05 Å². The van der Waals surface area contributed by atoms with E-state index in [1.54, 1.807) is 14.0 Å². The van der Waals surface area contributed by atoms with Crippen molar-refractivity contribution in [1.82, 2.24) is 20.0 Å². The third-order valence-corrected chi connectivity index (χ3v) is 4.37. The summed E-state index contributed by atoms with van der Waals surface area (Å²) in [5.41, 5.74) is -0.306. The van der Waals surface area contributed by atoms with Crippen LogP contribution in [0.3, 0.4) is 0 Å². The first kappa shape index (κ1) is 22.7. The van der Waals surface area contributed by atoms with Gasteiger partial charge in [-0.25, -0.2) is 9.59 Å². The van der Waals surface area contributed by atoms with Gasteiger partial charge in [0.15, 0.2) is 0 Å². The molecule has 1 aromatic heterocycles. The van der Waals surface area contributed by atoms with Crippen molar-refractivity contribution in [3.05, 3.63) is 11.8 Å². The van der Waals surface area contributed by atoms with E-state index in [9.17, 15) is 14.4 Å². The highest BCUT2D eigenvalue weighted by molar-refractivity contribution is 6.00. The monoisotopic (exact) mass is 409 g/mol. The number of ether oxygens (including phenoxy) is 2. The number of alkyl carbamates (subject to hydrolysis) is 1. The average Bonchev–Trinajstić information content (AvgIpc) is 2.96. The Morgan fingerprint density at radius 1 is 1.24 bits per heavy atom. The Labute approximate surface area is 170 Å². The molecule has 1 aliphatic heterocycles. The molecule has 10 nitrogen and oxygen atoms in total. The molecule has 162 valence electrons. The molecule has 2 rings (SSSR count). The zero-order valence-corrected chi connectivity index (χ0v) is 17.8. The first-order valence-electron chi connectivity index (χ1n) is 9.80. The molecule has 2 N–H and O–H groups in total. The molecule has 1 saturated heterocycles. The maximum atomic E-state index is 12.4. The number of hydrogen-bond donors (Lipinski definition) is 2. The van der Waals surface area contributed by atoms with Crippen LogP contribution in [0.1, 0.15) is 50.9 Å². The largest absolute Gasteiger partial charge is 0.462 e. The number of aromatic nitrogens is 2. The van der Waals surface area contributed by atoms with Gasteiger partial charge in [0.2, 0.25) is 5.91 Å². The summed E-state index contributed by atoms with van der Waals surface area (Å²) >= 11 is 0.